The van der Waals surface area contributed by atoms with Crippen LogP contribution in [0.25, 0.3) is 0 Å². The number of rotatable bonds is 0. The van der Waals surface area contributed by atoms with Gasteiger partial charge in [0.1, 0.15) is 0 Å². The molecule has 1 heterocycles. The van der Waals surface area contributed by atoms with E-state index in [4.69, 9.17) is 0 Å². The predicted octanol–water partition coefficient (Wildman–Crippen LogP) is 2.62. The molecule has 3 aliphatic carbocycles. The fourth-order valence-electron chi connectivity index (χ4n) is 5.26. The van der Waals surface area contributed by atoms with E-state index in [0.717, 1.165) is 36.0 Å². The third-order valence-corrected chi connectivity index (χ3v) is 6.79. The Morgan fingerprint density at radius 1 is 1.07 bits per heavy atom. The van der Waals surface area contributed by atoms with Crippen molar-refractivity contribution in [2.24, 2.45) is 29.6 Å². The second-order valence-electron chi connectivity index (χ2n) is 5.89. The van der Waals surface area contributed by atoms with Crippen LogP contribution in [0.15, 0.2) is 0 Å². The highest BCUT2D eigenvalue weighted by Gasteiger charge is 2.63. The van der Waals surface area contributed by atoms with Gasteiger partial charge in [0.2, 0.25) is 5.91 Å². The van der Waals surface area contributed by atoms with Crippen LogP contribution in [0, 0.1) is 29.6 Å². The predicted molar refractivity (Wildman–Crippen MR) is 65.2 cm³/mol. The first-order valence-corrected chi connectivity index (χ1v) is 7.21. The lowest BCUT2D eigenvalue weighted by Crippen LogP contribution is -2.38. The molecule has 1 amide bonds. The first-order chi connectivity index (χ1) is 7.27. The Labute approximate surface area is 104 Å². The van der Waals surface area contributed by atoms with Gasteiger partial charge in [-0.3, -0.25) is 7.91 Å². The fraction of sp³-hybridized carbons (Fsp3) is 0.917. The van der Waals surface area contributed by atoms with Gasteiger partial charge in [0.05, 0.1) is 22.9 Å². The second-order valence-corrected chi connectivity index (χ2v) is 6.93. The lowest BCUT2D eigenvalue weighted by molar-refractivity contribution is -0.123. The summed E-state index contributed by atoms with van der Waals surface area (Å²) >= 11 is 2.27. The molecule has 15 heavy (non-hydrogen) atoms. The van der Waals surface area contributed by atoms with Crippen molar-refractivity contribution in [3.63, 3.8) is 0 Å². The minimum Gasteiger partial charge on any atom is -0.281 e. The largest absolute Gasteiger partial charge is 0.281 e. The maximum absolute atomic E-state index is 11.7. The summed E-state index contributed by atoms with van der Waals surface area (Å²) < 4.78 is 2.06. The van der Waals surface area contributed by atoms with E-state index in [0.29, 0.717) is 11.9 Å². The van der Waals surface area contributed by atoms with Gasteiger partial charge in [-0.25, -0.2) is 0 Å². The monoisotopic (exact) mass is 317 g/mol. The zero-order valence-corrected chi connectivity index (χ0v) is 10.9. The zero-order valence-electron chi connectivity index (χ0n) is 8.73. The third kappa shape index (κ3) is 0.990. The molecule has 6 atom stereocenters. The van der Waals surface area contributed by atoms with Gasteiger partial charge in [0.25, 0.3) is 0 Å². The molecule has 4 fully saturated rings. The Balaban J connectivity index is 1.72. The molecular formula is C12H16INO. The maximum atomic E-state index is 11.7. The van der Waals surface area contributed by atoms with Gasteiger partial charge in [0, 0.05) is 12.5 Å². The van der Waals surface area contributed by atoms with Gasteiger partial charge < -0.3 is 0 Å². The number of carbonyl (C=O) groups excluding carboxylic acids is 1. The van der Waals surface area contributed by atoms with Gasteiger partial charge >= 0.3 is 0 Å². The van der Waals surface area contributed by atoms with Crippen molar-refractivity contribution < 1.29 is 4.79 Å². The summed E-state index contributed by atoms with van der Waals surface area (Å²) in [6.07, 6.45) is 6.67. The van der Waals surface area contributed by atoms with Crippen molar-refractivity contribution in [3.05, 3.63) is 0 Å². The van der Waals surface area contributed by atoms with E-state index in [1.54, 1.807) is 0 Å². The maximum Gasteiger partial charge on any atom is 0.231 e. The molecule has 4 aliphatic rings. The van der Waals surface area contributed by atoms with Gasteiger partial charge in [-0.05, 0) is 48.9 Å². The van der Waals surface area contributed by atoms with Crippen LogP contribution in [0.3, 0.4) is 0 Å². The quantitative estimate of drug-likeness (QED) is 0.497. The van der Waals surface area contributed by atoms with Gasteiger partial charge in [0.15, 0.2) is 0 Å². The van der Waals surface area contributed by atoms with Crippen molar-refractivity contribution in [1.82, 2.24) is 3.11 Å². The highest BCUT2D eigenvalue weighted by Crippen LogP contribution is 2.64. The van der Waals surface area contributed by atoms with Gasteiger partial charge in [-0.15, -0.1) is 0 Å². The molecule has 4 rings (SSSR count). The van der Waals surface area contributed by atoms with Crippen LogP contribution in [0.5, 0.6) is 0 Å². The molecule has 1 saturated heterocycles. The van der Waals surface area contributed by atoms with E-state index in [-0.39, 0.29) is 0 Å². The van der Waals surface area contributed by atoms with E-state index in [2.05, 4.69) is 26.0 Å². The molecule has 0 aromatic rings. The van der Waals surface area contributed by atoms with Crippen molar-refractivity contribution in [1.29, 1.82) is 0 Å². The summed E-state index contributed by atoms with van der Waals surface area (Å²) in [5, 5.41) is 0. The van der Waals surface area contributed by atoms with Crippen LogP contribution in [0.2, 0.25) is 0 Å². The summed E-state index contributed by atoms with van der Waals surface area (Å²) in [6.45, 7) is 0. The van der Waals surface area contributed by atoms with Crippen molar-refractivity contribution in [2.75, 3.05) is 0 Å². The molecule has 0 N–H and O–H groups in total. The highest BCUT2D eigenvalue weighted by atomic mass is 127. The van der Waals surface area contributed by atoms with Crippen molar-refractivity contribution in [2.45, 2.75) is 38.1 Å². The van der Waals surface area contributed by atoms with Crippen LogP contribution in [0.4, 0.5) is 0 Å². The Kier molecular flexibility index (Phi) is 1.79. The Hall–Kier alpha value is 0.200. The molecule has 3 heteroatoms. The molecule has 3 saturated carbocycles. The molecule has 2 bridgehead atoms. The molecule has 0 aromatic heterocycles. The molecule has 82 valence electrons. The summed E-state index contributed by atoms with van der Waals surface area (Å²) in [7, 11) is 0. The smallest absolute Gasteiger partial charge is 0.231 e. The number of amides is 1. The Bertz CT molecular complexity index is 332. The summed E-state index contributed by atoms with van der Waals surface area (Å²) in [5.74, 6) is 4.91. The first kappa shape index (κ1) is 9.25. The minimum absolute atomic E-state index is 0.403. The normalized spacial score (nSPS) is 56.3. The number of nitrogens with zero attached hydrogens (tertiary/aromatic N) is 1. The van der Waals surface area contributed by atoms with Crippen LogP contribution in [-0.2, 0) is 4.79 Å². The average molecular weight is 317 g/mol. The van der Waals surface area contributed by atoms with E-state index >= 15 is 0 Å². The topological polar surface area (TPSA) is 20.3 Å². The average Bonchev–Trinajstić information content (AvgIpc) is 2.87. The lowest BCUT2D eigenvalue weighted by atomic mass is 9.73. The SMILES string of the molecule is O=C1CC2C3CC(C4CCCC34)C2N1I. The second kappa shape index (κ2) is 2.90. The van der Waals surface area contributed by atoms with Crippen LogP contribution >= 0.6 is 22.9 Å². The van der Waals surface area contributed by atoms with Crippen LogP contribution in [-0.4, -0.2) is 15.1 Å². The van der Waals surface area contributed by atoms with Gasteiger partial charge in [-0.2, -0.15) is 0 Å². The minimum atomic E-state index is 0.403. The summed E-state index contributed by atoms with van der Waals surface area (Å²) in [6, 6.07) is 0.627. The molecule has 0 spiro atoms. The molecule has 2 nitrogen and oxygen atoms in total. The summed E-state index contributed by atoms with van der Waals surface area (Å²) in [5.41, 5.74) is 0. The molecule has 0 radical (unpaired) electrons. The zero-order chi connectivity index (χ0) is 10.2. The van der Waals surface area contributed by atoms with Crippen molar-refractivity contribution >= 4 is 28.8 Å². The fourth-order valence-corrected chi connectivity index (χ4v) is 6.29. The van der Waals surface area contributed by atoms with E-state index in [1.165, 1.54) is 25.7 Å². The standard InChI is InChI=1S/C12H16INO/c13-14-11(15)5-10-8-4-9(12(10)14)7-3-1-2-6(7)8/h6-10,12H,1-5H2. The third-order valence-electron chi connectivity index (χ3n) is 5.61. The number of hydrogen-bond acceptors (Lipinski definition) is 1. The molecule has 6 unspecified atom stereocenters. The van der Waals surface area contributed by atoms with Crippen LogP contribution < -0.4 is 0 Å². The molecule has 1 aliphatic heterocycles. The Morgan fingerprint density at radius 2 is 1.80 bits per heavy atom. The number of hydrogen-bond donors (Lipinski definition) is 0. The van der Waals surface area contributed by atoms with E-state index < -0.39 is 0 Å². The number of halogens is 1. The lowest BCUT2D eigenvalue weighted by Gasteiger charge is -2.35. The van der Waals surface area contributed by atoms with E-state index in [9.17, 15) is 4.79 Å². The van der Waals surface area contributed by atoms with E-state index in [1.807, 2.05) is 0 Å². The molecule has 0 aromatic carbocycles. The Morgan fingerprint density at radius 3 is 2.60 bits per heavy atom. The van der Waals surface area contributed by atoms with Gasteiger partial charge in [-0.1, -0.05) is 6.42 Å². The highest BCUT2D eigenvalue weighted by molar-refractivity contribution is 14.1. The number of carbonyl (C=O) groups is 1. The summed E-state index contributed by atoms with van der Waals surface area (Å²) in [4.78, 5) is 11.7. The molecular weight excluding hydrogens is 301 g/mol. The number of fused-ring (bicyclic) bond motifs is 8. The van der Waals surface area contributed by atoms with Crippen molar-refractivity contribution in [3.8, 4) is 0 Å². The first-order valence-electron chi connectivity index (χ1n) is 6.25. The van der Waals surface area contributed by atoms with Crippen LogP contribution in [0.1, 0.15) is 32.1 Å².